The Labute approximate surface area is 143 Å². The van der Waals surface area contributed by atoms with Crippen molar-refractivity contribution in [2.45, 2.75) is 20.8 Å². The van der Waals surface area contributed by atoms with E-state index < -0.39 is 0 Å². The summed E-state index contributed by atoms with van der Waals surface area (Å²) in [6.07, 6.45) is 0. The average molecular weight is 379 g/mol. The predicted octanol–water partition coefficient (Wildman–Crippen LogP) is 3.68. The van der Waals surface area contributed by atoms with Gasteiger partial charge in [-0.05, 0) is 50.6 Å². The Balaban J connectivity index is 2.02. The van der Waals surface area contributed by atoms with E-state index in [1.165, 1.54) is 4.90 Å². The molecule has 1 aromatic carbocycles. The third-order valence-electron chi connectivity index (χ3n) is 3.46. The molecule has 5 nitrogen and oxygen atoms in total. The second-order valence-electron chi connectivity index (χ2n) is 5.50. The van der Waals surface area contributed by atoms with Gasteiger partial charge in [-0.3, -0.25) is 9.59 Å². The number of carbonyl (C=O) groups is 2. The molecule has 1 heterocycles. The van der Waals surface area contributed by atoms with Crippen LogP contribution in [0.3, 0.4) is 0 Å². The van der Waals surface area contributed by atoms with Gasteiger partial charge in [0.25, 0.3) is 5.91 Å². The topological polar surface area (TPSA) is 62.6 Å². The van der Waals surface area contributed by atoms with Crippen molar-refractivity contribution in [3.8, 4) is 0 Å². The van der Waals surface area contributed by atoms with E-state index in [0.717, 1.165) is 15.7 Å². The summed E-state index contributed by atoms with van der Waals surface area (Å²) < 4.78 is 6.31. The lowest BCUT2D eigenvalue weighted by Crippen LogP contribution is -2.35. The Morgan fingerprint density at radius 1 is 1.22 bits per heavy atom. The molecule has 0 fully saturated rings. The summed E-state index contributed by atoms with van der Waals surface area (Å²) in [5.74, 6) is 0.754. The number of furan rings is 1. The minimum Gasteiger partial charge on any atom is -0.466 e. The van der Waals surface area contributed by atoms with Crippen LogP contribution in [0.4, 0.5) is 5.69 Å². The molecule has 0 saturated carbocycles. The molecule has 0 unspecified atom stereocenters. The molecule has 2 rings (SSSR count). The number of nitrogens with zero attached hydrogens (tertiary/aromatic N) is 1. The van der Waals surface area contributed by atoms with E-state index in [1.807, 2.05) is 25.1 Å². The standard InChI is InChI=1S/C17H19BrN2O3/c1-10-7-13(18)5-6-15(10)19-16(21)9-20(4)17(22)14-8-11(2)23-12(14)3/h5-8H,9H2,1-4H3,(H,19,21). The van der Waals surface area contributed by atoms with Crippen LogP contribution in [0.1, 0.15) is 27.4 Å². The molecule has 0 radical (unpaired) electrons. The zero-order chi connectivity index (χ0) is 17.1. The highest BCUT2D eigenvalue weighted by Crippen LogP contribution is 2.20. The van der Waals surface area contributed by atoms with Crippen LogP contribution < -0.4 is 5.32 Å². The van der Waals surface area contributed by atoms with E-state index in [4.69, 9.17) is 4.42 Å². The molecule has 2 aromatic rings. The second kappa shape index (κ2) is 7.00. The molecule has 2 amide bonds. The van der Waals surface area contributed by atoms with Crippen LogP contribution in [0.15, 0.2) is 33.2 Å². The number of carbonyl (C=O) groups excluding carboxylic acids is 2. The van der Waals surface area contributed by atoms with Crippen LogP contribution in [0.2, 0.25) is 0 Å². The maximum Gasteiger partial charge on any atom is 0.257 e. The highest BCUT2D eigenvalue weighted by molar-refractivity contribution is 9.10. The van der Waals surface area contributed by atoms with Crippen molar-refractivity contribution in [3.05, 3.63) is 51.4 Å². The largest absolute Gasteiger partial charge is 0.466 e. The zero-order valence-electron chi connectivity index (χ0n) is 13.6. The first-order valence-electron chi connectivity index (χ1n) is 7.16. The van der Waals surface area contributed by atoms with E-state index in [9.17, 15) is 9.59 Å². The normalized spacial score (nSPS) is 10.5. The van der Waals surface area contributed by atoms with Gasteiger partial charge in [0.1, 0.15) is 11.5 Å². The fraction of sp³-hybridized carbons (Fsp3) is 0.294. The van der Waals surface area contributed by atoms with E-state index in [0.29, 0.717) is 17.1 Å². The van der Waals surface area contributed by atoms with Gasteiger partial charge in [0.15, 0.2) is 0 Å². The zero-order valence-corrected chi connectivity index (χ0v) is 15.2. The first kappa shape index (κ1) is 17.3. The van der Waals surface area contributed by atoms with Gasteiger partial charge < -0.3 is 14.6 Å². The van der Waals surface area contributed by atoms with E-state index in [1.54, 1.807) is 27.0 Å². The number of anilines is 1. The highest BCUT2D eigenvalue weighted by Gasteiger charge is 2.19. The van der Waals surface area contributed by atoms with Gasteiger partial charge in [0.05, 0.1) is 12.1 Å². The molecule has 23 heavy (non-hydrogen) atoms. The van der Waals surface area contributed by atoms with Crippen LogP contribution in [0.25, 0.3) is 0 Å². The van der Waals surface area contributed by atoms with Gasteiger partial charge >= 0.3 is 0 Å². The number of aryl methyl sites for hydroxylation is 3. The molecule has 0 aliphatic carbocycles. The van der Waals surface area contributed by atoms with E-state index in [-0.39, 0.29) is 18.4 Å². The Hall–Kier alpha value is -2.08. The second-order valence-corrected chi connectivity index (χ2v) is 6.41. The third kappa shape index (κ3) is 4.22. The fourth-order valence-corrected chi connectivity index (χ4v) is 2.77. The quantitative estimate of drug-likeness (QED) is 0.882. The number of hydrogen-bond donors (Lipinski definition) is 1. The third-order valence-corrected chi connectivity index (χ3v) is 3.95. The lowest BCUT2D eigenvalue weighted by molar-refractivity contribution is -0.116. The van der Waals surface area contributed by atoms with Crippen molar-refractivity contribution in [1.82, 2.24) is 4.90 Å². The SMILES string of the molecule is Cc1cc(C(=O)N(C)CC(=O)Nc2ccc(Br)cc2C)c(C)o1. The lowest BCUT2D eigenvalue weighted by atomic mass is 10.2. The molecule has 122 valence electrons. The molecule has 0 spiro atoms. The number of nitrogens with one attached hydrogen (secondary N) is 1. The molecule has 1 aromatic heterocycles. The van der Waals surface area contributed by atoms with Gasteiger partial charge in [-0.2, -0.15) is 0 Å². The van der Waals surface area contributed by atoms with Crippen LogP contribution in [-0.4, -0.2) is 30.3 Å². The van der Waals surface area contributed by atoms with Crippen LogP contribution >= 0.6 is 15.9 Å². The number of benzene rings is 1. The minimum atomic E-state index is -0.246. The summed E-state index contributed by atoms with van der Waals surface area (Å²) in [7, 11) is 1.60. The van der Waals surface area contributed by atoms with Crippen molar-refractivity contribution in [3.63, 3.8) is 0 Å². The van der Waals surface area contributed by atoms with Gasteiger partial charge in [0, 0.05) is 17.2 Å². The van der Waals surface area contributed by atoms with E-state index in [2.05, 4.69) is 21.2 Å². The smallest absolute Gasteiger partial charge is 0.257 e. The van der Waals surface area contributed by atoms with E-state index >= 15 is 0 Å². The average Bonchev–Trinajstić information content (AvgIpc) is 2.79. The predicted molar refractivity (Wildman–Crippen MR) is 92.7 cm³/mol. The summed E-state index contributed by atoms with van der Waals surface area (Å²) in [6, 6.07) is 7.28. The van der Waals surface area contributed by atoms with Crippen molar-refractivity contribution in [2.75, 3.05) is 18.9 Å². The number of amides is 2. The lowest BCUT2D eigenvalue weighted by Gasteiger charge is -2.17. The molecule has 0 saturated heterocycles. The van der Waals surface area contributed by atoms with Crippen molar-refractivity contribution in [2.24, 2.45) is 0 Å². The number of likely N-dealkylation sites (N-methyl/N-ethyl adjacent to an activating group) is 1. The molecule has 1 N–H and O–H groups in total. The number of rotatable bonds is 4. The molecule has 0 aliphatic heterocycles. The Bertz CT molecular complexity index is 752. The van der Waals surface area contributed by atoms with Crippen LogP contribution in [0.5, 0.6) is 0 Å². The van der Waals surface area contributed by atoms with Crippen LogP contribution in [0, 0.1) is 20.8 Å². The first-order chi connectivity index (χ1) is 10.8. The number of hydrogen-bond acceptors (Lipinski definition) is 3. The molecular weight excluding hydrogens is 360 g/mol. The molecule has 6 heteroatoms. The van der Waals surface area contributed by atoms with Crippen molar-refractivity contribution < 1.29 is 14.0 Å². The molecule has 0 bridgehead atoms. The van der Waals surface area contributed by atoms with Gasteiger partial charge in [-0.25, -0.2) is 0 Å². The van der Waals surface area contributed by atoms with Gasteiger partial charge in [-0.15, -0.1) is 0 Å². The number of halogens is 1. The molecule has 0 atom stereocenters. The Morgan fingerprint density at radius 2 is 1.91 bits per heavy atom. The van der Waals surface area contributed by atoms with Crippen molar-refractivity contribution in [1.29, 1.82) is 0 Å². The molecule has 0 aliphatic rings. The highest BCUT2D eigenvalue weighted by atomic mass is 79.9. The van der Waals surface area contributed by atoms with Gasteiger partial charge in [-0.1, -0.05) is 15.9 Å². The monoisotopic (exact) mass is 378 g/mol. The molecular formula is C17H19BrN2O3. The summed E-state index contributed by atoms with van der Waals surface area (Å²) >= 11 is 3.38. The Kier molecular flexibility index (Phi) is 5.26. The minimum absolute atomic E-state index is 0.0298. The summed E-state index contributed by atoms with van der Waals surface area (Å²) in [6.45, 7) is 5.40. The summed E-state index contributed by atoms with van der Waals surface area (Å²) in [5, 5.41) is 2.82. The Morgan fingerprint density at radius 3 is 2.48 bits per heavy atom. The van der Waals surface area contributed by atoms with Crippen LogP contribution in [-0.2, 0) is 4.79 Å². The maximum atomic E-state index is 12.4. The maximum absolute atomic E-state index is 12.4. The summed E-state index contributed by atoms with van der Waals surface area (Å²) in [5.41, 5.74) is 2.16. The summed E-state index contributed by atoms with van der Waals surface area (Å²) in [4.78, 5) is 25.9. The van der Waals surface area contributed by atoms with Crippen molar-refractivity contribution >= 4 is 33.4 Å². The fourth-order valence-electron chi connectivity index (χ4n) is 2.29. The first-order valence-corrected chi connectivity index (χ1v) is 7.95. The van der Waals surface area contributed by atoms with Gasteiger partial charge in [0.2, 0.25) is 5.91 Å².